The molecule has 0 unspecified atom stereocenters. The van der Waals surface area contributed by atoms with Crippen molar-refractivity contribution in [3.63, 3.8) is 0 Å². The van der Waals surface area contributed by atoms with Crippen LogP contribution in [0, 0.1) is 0 Å². The van der Waals surface area contributed by atoms with Crippen molar-refractivity contribution in [3.05, 3.63) is 0 Å². The predicted molar refractivity (Wildman–Crippen MR) is 64.8 cm³/mol. The van der Waals surface area contributed by atoms with E-state index in [-0.39, 0.29) is 0 Å². The highest BCUT2D eigenvalue weighted by Gasteiger charge is 1.93. The van der Waals surface area contributed by atoms with Crippen molar-refractivity contribution in [1.29, 1.82) is 0 Å². The summed E-state index contributed by atoms with van der Waals surface area (Å²) in [6, 6.07) is 0.644. The molecule has 0 aliphatic rings. The molecule has 0 saturated carbocycles. The lowest BCUT2D eigenvalue weighted by molar-refractivity contribution is 0.530. The van der Waals surface area contributed by atoms with E-state index < -0.39 is 0 Å². The van der Waals surface area contributed by atoms with Crippen molar-refractivity contribution in [1.82, 2.24) is 10.6 Å². The fourth-order valence-electron chi connectivity index (χ4n) is 1.52. The van der Waals surface area contributed by atoms with Gasteiger partial charge in [-0.25, -0.2) is 0 Å². The van der Waals surface area contributed by atoms with Crippen molar-refractivity contribution < 1.29 is 0 Å². The molecule has 0 aromatic rings. The summed E-state index contributed by atoms with van der Waals surface area (Å²) in [5.41, 5.74) is 0. The van der Waals surface area contributed by atoms with Gasteiger partial charge in [0.25, 0.3) is 0 Å². The predicted octanol–water partition coefficient (Wildman–Crippen LogP) is 2.54. The second-order valence-electron chi connectivity index (χ2n) is 4.33. The summed E-state index contributed by atoms with van der Waals surface area (Å²) in [6.07, 6.45) is 8.26. The summed E-state index contributed by atoms with van der Waals surface area (Å²) in [4.78, 5) is 0. The van der Waals surface area contributed by atoms with E-state index in [1.54, 1.807) is 0 Å². The molecular formula is C12H28N2. The normalized spacial score (nSPS) is 11.1. The third-order valence-electron chi connectivity index (χ3n) is 2.41. The van der Waals surface area contributed by atoms with Gasteiger partial charge in [0, 0.05) is 6.04 Å². The molecule has 14 heavy (non-hydrogen) atoms. The molecule has 0 amide bonds. The highest BCUT2D eigenvalue weighted by Crippen LogP contribution is 2.04. The van der Waals surface area contributed by atoms with Crippen LogP contribution in [0.2, 0.25) is 0 Å². The van der Waals surface area contributed by atoms with E-state index in [9.17, 15) is 0 Å². The third-order valence-corrected chi connectivity index (χ3v) is 2.41. The standard InChI is InChI=1S/C12H28N2/c1-12(2)14-11-9-7-5-4-6-8-10-13-3/h12-14H,4-11H2,1-3H3. The summed E-state index contributed by atoms with van der Waals surface area (Å²) in [5.74, 6) is 0. The van der Waals surface area contributed by atoms with Crippen LogP contribution in [0.1, 0.15) is 52.4 Å². The van der Waals surface area contributed by atoms with Gasteiger partial charge in [-0.05, 0) is 33.0 Å². The lowest BCUT2D eigenvalue weighted by atomic mass is 10.1. The van der Waals surface area contributed by atoms with E-state index in [0.717, 1.165) is 0 Å². The highest BCUT2D eigenvalue weighted by molar-refractivity contribution is 4.53. The maximum atomic E-state index is 3.45. The van der Waals surface area contributed by atoms with Gasteiger partial charge in [-0.1, -0.05) is 39.5 Å². The Labute approximate surface area is 89.9 Å². The molecule has 0 spiro atoms. The van der Waals surface area contributed by atoms with Gasteiger partial charge in [0.05, 0.1) is 0 Å². The molecule has 0 saturated heterocycles. The molecule has 0 aromatic carbocycles. The molecule has 0 radical (unpaired) electrons. The van der Waals surface area contributed by atoms with E-state index in [1.165, 1.54) is 51.6 Å². The van der Waals surface area contributed by atoms with Gasteiger partial charge in [0.15, 0.2) is 0 Å². The van der Waals surface area contributed by atoms with Crippen LogP contribution in [0.4, 0.5) is 0 Å². The lowest BCUT2D eigenvalue weighted by Gasteiger charge is -2.07. The topological polar surface area (TPSA) is 24.1 Å². The summed E-state index contributed by atoms with van der Waals surface area (Å²) < 4.78 is 0. The third kappa shape index (κ3) is 11.9. The maximum absolute atomic E-state index is 3.45. The van der Waals surface area contributed by atoms with Crippen molar-refractivity contribution in [2.75, 3.05) is 20.1 Å². The Morgan fingerprint density at radius 2 is 1.29 bits per heavy atom. The average Bonchev–Trinajstić information content (AvgIpc) is 2.15. The summed E-state index contributed by atoms with van der Waals surface area (Å²) >= 11 is 0. The Hall–Kier alpha value is -0.0800. The molecule has 0 fully saturated rings. The lowest BCUT2D eigenvalue weighted by Crippen LogP contribution is -2.23. The number of rotatable bonds is 10. The Morgan fingerprint density at radius 1 is 0.786 bits per heavy atom. The molecule has 0 aliphatic carbocycles. The highest BCUT2D eigenvalue weighted by atomic mass is 14.9. The Kier molecular flexibility index (Phi) is 10.9. The zero-order chi connectivity index (χ0) is 10.6. The van der Waals surface area contributed by atoms with Crippen molar-refractivity contribution in [3.8, 4) is 0 Å². The first-order valence-electron chi connectivity index (χ1n) is 6.15. The van der Waals surface area contributed by atoms with E-state index in [1.807, 2.05) is 7.05 Å². The molecule has 2 nitrogen and oxygen atoms in total. The van der Waals surface area contributed by atoms with Crippen molar-refractivity contribution >= 4 is 0 Å². The Morgan fingerprint density at radius 3 is 1.79 bits per heavy atom. The van der Waals surface area contributed by atoms with Gasteiger partial charge >= 0.3 is 0 Å². The minimum Gasteiger partial charge on any atom is -0.320 e. The zero-order valence-electron chi connectivity index (χ0n) is 10.2. The first-order chi connectivity index (χ1) is 6.77. The van der Waals surface area contributed by atoms with Gasteiger partial charge in [-0.15, -0.1) is 0 Å². The van der Waals surface area contributed by atoms with Gasteiger partial charge in [-0.2, -0.15) is 0 Å². The largest absolute Gasteiger partial charge is 0.320 e. The van der Waals surface area contributed by atoms with Crippen molar-refractivity contribution in [2.45, 2.75) is 58.4 Å². The van der Waals surface area contributed by atoms with E-state index in [2.05, 4.69) is 24.5 Å². The van der Waals surface area contributed by atoms with E-state index in [0.29, 0.717) is 6.04 Å². The Balaban J connectivity index is 2.85. The van der Waals surface area contributed by atoms with Crippen LogP contribution in [-0.2, 0) is 0 Å². The fourth-order valence-corrected chi connectivity index (χ4v) is 1.52. The molecule has 0 rings (SSSR count). The summed E-state index contributed by atoms with van der Waals surface area (Å²) in [6.45, 7) is 6.78. The van der Waals surface area contributed by atoms with Crippen LogP contribution in [0.5, 0.6) is 0 Å². The van der Waals surface area contributed by atoms with E-state index >= 15 is 0 Å². The average molecular weight is 200 g/mol. The van der Waals surface area contributed by atoms with Gasteiger partial charge in [0.2, 0.25) is 0 Å². The monoisotopic (exact) mass is 200 g/mol. The fraction of sp³-hybridized carbons (Fsp3) is 1.00. The van der Waals surface area contributed by atoms with Gasteiger partial charge < -0.3 is 10.6 Å². The summed E-state index contributed by atoms with van der Waals surface area (Å²) in [7, 11) is 2.03. The minimum atomic E-state index is 0.644. The molecule has 0 heterocycles. The van der Waals surface area contributed by atoms with Crippen LogP contribution in [-0.4, -0.2) is 26.2 Å². The minimum absolute atomic E-state index is 0.644. The van der Waals surface area contributed by atoms with Gasteiger partial charge in [0.1, 0.15) is 0 Å². The van der Waals surface area contributed by atoms with Crippen LogP contribution < -0.4 is 10.6 Å². The van der Waals surface area contributed by atoms with Crippen LogP contribution >= 0.6 is 0 Å². The molecule has 0 atom stereocenters. The molecule has 0 aliphatic heterocycles. The molecule has 0 bridgehead atoms. The van der Waals surface area contributed by atoms with Crippen LogP contribution in [0.3, 0.4) is 0 Å². The first-order valence-corrected chi connectivity index (χ1v) is 6.15. The Bertz CT molecular complexity index is 102. The van der Waals surface area contributed by atoms with Crippen LogP contribution in [0.25, 0.3) is 0 Å². The number of hydrogen-bond donors (Lipinski definition) is 2. The first kappa shape index (κ1) is 13.9. The van der Waals surface area contributed by atoms with Gasteiger partial charge in [-0.3, -0.25) is 0 Å². The number of hydrogen-bond acceptors (Lipinski definition) is 2. The number of nitrogens with one attached hydrogen (secondary N) is 2. The molecular weight excluding hydrogens is 172 g/mol. The number of unbranched alkanes of at least 4 members (excludes halogenated alkanes) is 5. The molecule has 2 N–H and O–H groups in total. The van der Waals surface area contributed by atoms with E-state index in [4.69, 9.17) is 0 Å². The second kappa shape index (κ2) is 11.0. The van der Waals surface area contributed by atoms with Crippen LogP contribution in [0.15, 0.2) is 0 Å². The quantitative estimate of drug-likeness (QED) is 0.530. The van der Waals surface area contributed by atoms with Crippen molar-refractivity contribution in [2.24, 2.45) is 0 Å². The molecule has 0 aromatic heterocycles. The zero-order valence-corrected chi connectivity index (χ0v) is 10.2. The smallest absolute Gasteiger partial charge is 0.00103 e. The summed E-state index contributed by atoms with van der Waals surface area (Å²) in [5, 5.41) is 6.63. The molecule has 2 heteroatoms. The molecule has 86 valence electrons. The maximum Gasteiger partial charge on any atom is 0.00103 e. The second-order valence-corrected chi connectivity index (χ2v) is 4.33. The SMILES string of the molecule is CNCCCCCCCCNC(C)C.